The molecule has 0 atom stereocenters. The van der Waals surface area contributed by atoms with Crippen LogP contribution in [0.3, 0.4) is 0 Å². The largest absolute Gasteiger partial charge is 0.370 e. The number of nitrogens with zero attached hydrogens (tertiary/aromatic N) is 2. The SMILES string of the molecule is O=C(Nc1ccc(C(=O)N2C=CS(=O)(=O)C=C2)c(N2CCC3(CCC3)C2)c1)C1CC1. The highest BCUT2D eigenvalue weighted by molar-refractivity contribution is 7.97. The van der Waals surface area contributed by atoms with Crippen molar-refractivity contribution in [1.29, 1.82) is 0 Å². The van der Waals surface area contributed by atoms with Crippen LogP contribution in [-0.2, 0) is 14.6 Å². The molecule has 0 unspecified atom stereocenters. The topological polar surface area (TPSA) is 86.8 Å². The van der Waals surface area contributed by atoms with Crippen molar-refractivity contribution in [3.8, 4) is 0 Å². The third-order valence-corrected chi connectivity index (χ3v) is 7.70. The summed E-state index contributed by atoms with van der Waals surface area (Å²) in [5.74, 6) is -0.156. The second kappa shape index (κ2) is 6.97. The summed E-state index contributed by atoms with van der Waals surface area (Å²) in [6, 6.07) is 5.37. The summed E-state index contributed by atoms with van der Waals surface area (Å²) in [4.78, 5) is 28.9. The summed E-state index contributed by atoms with van der Waals surface area (Å²) in [5, 5.41) is 5.02. The van der Waals surface area contributed by atoms with Gasteiger partial charge in [-0.15, -0.1) is 0 Å². The Morgan fingerprint density at radius 1 is 1.07 bits per heavy atom. The van der Waals surface area contributed by atoms with Crippen LogP contribution in [0.1, 0.15) is 48.9 Å². The number of rotatable bonds is 4. The van der Waals surface area contributed by atoms with Crippen LogP contribution in [0.2, 0.25) is 0 Å². The monoisotopic (exact) mass is 427 g/mol. The molecule has 0 radical (unpaired) electrons. The van der Waals surface area contributed by atoms with Gasteiger partial charge >= 0.3 is 0 Å². The van der Waals surface area contributed by atoms with Gasteiger partial charge in [0.05, 0.1) is 22.1 Å². The van der Waals surface area contributed by atoms with Gasteiger partial charge in [-0.05, 0) is 55.7 Å². The van der Waals surface area contributed by atoms with Crippen molar-refractivity contribution < 1.29 is 18.0 Å². The van der Waals surface area contributed by atoms with Crippen molar-refractivity contribution >= 4 is 33.0 Å². The fourth-order valence-corrected chi connectivity index (χ4v) is 5.23. The van der Waals surface area contributed by atoms with E-state index in [1.165, 1.54) is 36.6 Å². The van der Waals surface area contributed by atoms with E-state index in [9.17, 15) is 18.0 Å². The van der Waals surface area contributed by atoms with E-state index in [4.69, 9.17) is 0 Å². The quantitative estimate of drug-likeness (QED) is 0.797. The van der Waals surface area contributed by atoms with Crippen LogP contribution >= 0.6 is 0 Å². The second-order valence-corrected chi connectivity index (χ2v) is 10.6. The molecule has 158 valence electrons. The maximum atomic E-state index is 13.2. The van der Waals surface area contributed by atoms with Crippen molar-refractivity contribution in [2.75, 3.05) is 23.3 Å². The number of benzene rings is 1. The van der Waals surface area contributed by atoms with Gasteiger partial charge in [0, 0.05) is 37.1 Å². The molecule has 1 saturated heterocycles. The van der Waals surface area contributed by atoms with Crippen LogP contribution in [0.5, 0.6) is 0 Å². The number of nitrogens with one attached hydrogen (secondary N) is 1. The first-order valence-corrected chi connectivity index (χ1v) is 12.1. The molecule has 2 aliphatic carbocycles. The van der Waals surface area contributed by atoms with E-state index in [2.05, 4.69) is 10.2 Å². The zero-order valence-corrected chi connectivity index (χ0v) is 17.5. The van der Waals surface area contributed by atoms with Gasteiger partial charge < -0.3 is 10.2 Å². The Hall–Kier alpha value is -2.61. The average Bonchev–Trinajstić information content (AvgIpc) is 3.44. The predicted octanol–water partition coefficient (Wildman–Crippen LogP) is 3.23. The minimum absolute atomic E-state index is 0.0315. The number of carbonyl (C=O) groups excluding carboxylic acids is 2. The van der Waals surface area contributed by atoms with E-state index >= 15 is 0 Å². The van der Waals surface area contributed by atoms with Gasteiger partial charge in [-0.1, -0.05) is 6.42 Å². The van der Waals surface area contributed by atoms with E-state index in [1.807, 2.05) is 6.07 Å². The second-order valence-electron chi connectivity index (χ2n) is 8.89. The van der Waals surface area contributed by atoms with Crippen LogP contribution in [-0.4, -0.2) is 38.2 Å². The molecule has 2 saturated carbocycles. The predicted molar refractivity (Wildman–Crippen MR) is 114 cm³/mol. The molecule has 7 nitrogen and oxygen atoms in total. The summed E-state index contributed by atoms with van der Waals surface area (Å²) >= 11 is 0. The van der Waals surface area contributed by atoms with Crippen molar-refractivity contribution in [1.82, 2.24) is 4.90 Å². The number of hydrogen-bond acceptors (Lipinski definition) is 5. The zero-order valence-electron chi connectivity index (χ0n) is 16.7. The summed E-state index contributed by atoms with van der Waals surface area (Å²) < 4.78 is 23.2. The van der Waals surface area contributed by atoms with Crippen LogP contribution in [0.4, 0.5) is 11.4 Å². The molecule has 2 heterocycles. The highest BCUT2D eigenvalue weighted by Crippen LogP contribution is 2.49. The first-order valence-electron chi connectivity index (χ1n) is 10.5. The number of hydrogen-bond donors (Lipinski definition) is 1. The molecule has 0 bridgehead atoms. The lowest BCUT2D eigenvalue weighted by Gasteiger charge is -2.38. The lowest BCUT2D eigenvalue weighted by molar-refractivity contribution is -0.117. The maximum absolute atomic E-state index is 13.2. The molecule has 3 fully saturated rings. The van der Waals surface area contributed by atoms with E-state index in [0.717, 1.165) is 48.9 Å². The minimum Gasteiger partial charge on any atom is -0.370 e. The molecule has 8 heteroatoms. The lowest BCUT2D eigenvalue weighted by atomic mass is 9.68. The highest BCUT2D eigenvalue weighted by Gasteiger charge is 2.43. The summed E-state index contributed by atoms with van der Waals surface area (Å²) in [6.45, 7) is 1.79. The molecule has 30 heavy (non-hydrogen) atoms. The summed E-state index contributed by atoms with van der Waals surface area (Å²) in [6.07, 6.45) is 9.24. The molecule has 1 spiro atoms. The fraction of sp³-hybridized carbons (Fsp3) is 0.455. The number of carbonyl (C=O) groups is 2. The first-order chi connectivity index (χ1) is 14.3. The molecule has 0 aromatic heterocycles. The van der Waals surface area contributed by atoms with Crippen molar-refractivity contribution in [3.63, 3.8) is 0 Å². The molecule has 5 rings (SSSR count). The molecule has 2 amide bonds. The molecule has 2 aliphatic heterocycles. The van der Waals surface area contributed by atoms with E-state index < -0.39 is 9.84 Å². The van der Waals surface area contributed by atoms with Crippen molar-refractivity contribution in [2.24, 2.45) is 11.3 Å². The van der Waals surface area contributed by atoms with Gasteiger partial charge in [0.1, 0.15) is 0 Å². The summed E-state index contributed by atoms with van der Waals surface area (Å²) in [7, 11) is -3.40. The maximum Gasteiger partial charge on any atom is 0.263 e. The Morgan fingerprint density at radius 3 is 2.40 bits per heavy atom. The molecule has 1 aromatic rings. The first kappa shape index (κ1) is 19.4. The van der Waals surface area contributed by atoms with Gasteiger partial charge in [-0.3, -0.25) is 14.5 Å². The van der Waals surface area contributed by atoms with E-state index in [-0.39, 0.29) is 17.7 Å². The molecule has 4 aliphatic rings. The van der Waals surface area contributed by atoms with Crippen LogP contribution < -0.4 is 10.2 Å². The van der Waals surface area contributed by atoms with Gasteiger partial charge in [-0.2, -0.15) is 0 Å². The Bertz CT molecular complexity index is 1050. The van der Waals surface area contributed by atoms with Crippen LogP contribution in [0.25, 0.3) is 0 Å². The Morgan fingerprint density at radius 2 is 1.80 bits per heavy atom. The highest BCUT2D eigenvalue weighted by atomic mass is 32.2. The minimum atomic E-state index is -3.40. The van der Waals surface area contributed by atoms with Gasteiger partial charge in [0.15, 0.2) is 9.84 Å². The average molecular weight is 428 g/mol. The van der Waals surface area contributed by atoms with Crippen LogP contribution in [0, 0.1) is 11.3 Å². The van der Waals surface area contributed by atoms with Gasteiger partial charge in [-0.25, -0.2) is 8.42 Å². The third kappa shape index (κ3) is 3.64. The molecular weight excluding hydrogens is 402 g/mol. The molecule has 1 N–H and O–H groups in total. The van der Waals surface area contributed by atoms with Crippen LogP contribution in [0.15, 0.2) is 41.4 Å². The lowest BCUT2D eigenvalue weighted by Crippen LogP contribution is -2.34. The molecular formula is C22H25N3O4S. The third-order valence-electron chi connectivity index (χ3n) is 6.69. The van der Waals surface area contributed by atoms with Gasteiger partial charge in [0.25, 0.3) is 5.91 Å². The number of anilines is 2. The Kier molecular flexibility index (Phi) is 4.50. The number of amides is 2. The molecule has 1 aromatic carbocycles. The fourth-order valence-electron chi connectivity index (χ4n) is 4.54. The van der Waals surface area contributed by atoms with Crippen molar-refractivity contribution in [2.45, 2.75) is 38.5 Å². The van der Waals surface area contributed by atoms with Gasteiger partial charge in [0.2, 0.25) is 5.91 Å². The Labute approximate surface area is 176 Å². The van der Waals surface area contributed by atoms with E-state index in [0.29, 0.717) is 16.7 Å². The smallest absolute Gasteiger partial charge is 0.263 e. The van der Waals surface area contributed by atoms with Crippen molar-refractivity contribution in [3.05, 3.63) is 47.0 Å². The Balaban J connectivity index is 1.45. The summed E-state index contributed by atoms with van der Waals surface area (Å²) in [5.41, 5.74) is 2.35. The number of sulfone groups is 1. The standard InChI is InChI=1S/C22H25N3O4S/c26-20(16-2-3-16)23-17-4-5-18(21(27)24-10-12-30(28,29)13-11-24)19(14-17)25-9-8-22(15-25)6-1-7-22/h4-5,10-14,16H,1-3,6-9,15H2,(H,23,26). The van der Waals surface area contributed by atoms with E-state index in [1.54, 1.807) is 12.1 Å². The zero-order chi connectivity index (χ0) is 20.9. The normalized spacial score (nSPS) is 23.5.